The fraction of sp³-hybridized carbons (Fsp3) is 1.00. The van der Waals surface area contributed by atoms with E-state index in [4.69, 9.17) is 9.16 Å². The SMILES string of the molecule is CCCC([SiH2]OC)C1CCC2OC2C1. The highest BCUT2D eigenvalue weighted by molar-refractivity contribution is 6.29. The highest BCUT2D eigenvalue weighted by Crippen LogP contribution is 2.44. The first-order valence-electron chi connectivity index (χ1n) is 5.99. The highest BCUT2D eigenvalue weighted by Gasteiger charge is 2.45. The molecule has 3 heteroatoms. The molecular weight excluding hydrogens is 192 g/mol. The molecule has 1 aliphatic heterocycles. The van der Waals surface area contributed by atoms with Crippen LogP contribution in [0.4, 0.5) is 0 Å². The molecule has 0 aromatic heterocycles. The Balaban J connectivity index is 1.82. The molecule has 2 rings (SSSR count). The molecule has 0 bridgehead atoms. The number of hydrogen-bond donors (Lipinski definition) is 0. The van der Waals surface area contributed by atoms with E-state index in [1.54, 1.807) is 0 Å². The minimum atomic E-state index is -0.280. The van der Waals surface area contributed by atoms with Gasteiger partial charge in [0.25, 0.3) is 0 Å². The summed E-state index contributed by atoms with van der Waals surface area (Å²) in [6, 6.07) is 0. The summed E-state index contributed by atoms with van der Waals surface area (Å²) in [6.07, 6.45) is 8.01. The Morgan fingerprint density at radius 3 is 2.93 bits per heavy atom. The number of rotatable bonds is 5. The van der Waals surface area contributed by atoms with E-state index in [0.717, 1.165) is 11.5 Å². The highest BCUT2D eigenvalue weighted by atomic mass is 28.2. The number of ether oxygens (including phenoxy) is 1. The van der Waals surface area contributed by atoms with Crippen molar-refractivity contribution in [2.45, 2.75) is 56.8 Å². The molecule has 1 saturated carbocycles. The molecule has 14 heavy (non-hydrogen) atoms. The molecule has 0 spiro atoms. The predicted molar refractivity (Wildman–Crippen MR) is 60.2 cm³/mol. The number of epoxide rings is 1. The lowest BCUT2D eigenvalue weighted by molar-refractivity contribution is 0.324. The maximum atomic E-state index is 5.59. The molecule has 0 N–H and O–H groups in total. The van der Waals surface area contributed by atoms with Gasteiger partial charge >= 0.3 is 0 Å². The standard InChI is InChI=1S/C11H22O2Si/c1-3-4-11(14-12-2)8-5-6-9-10(7-8)13-9/h8-11H,3-7,14H2,1-2H3. The van der Waals surface area contributed by atoms with Crippen molar-refractivity contribution < 1.29 is 9.16 Å². The second kappa shape index (κ2) is 4.77. The van der Waals surface area contributed by atoms with Crippen molar-refractivity contribution in [3.63, 3.8) is 0 Å². The van der Waals surface area contributed by atoms with Gasteiger partial charge in [-0.1, -0.05) is 19.8 Å². The maximum Gasteiger partial charge on any atom is 0.164 e. The first-order valence-corrected chi connectivity index (χ1v) is 7.39. The zero-order valence-electron chi connectivity index (χ0n) is 9.37. The third kappa shape index (κ3) is 2.38. The van der Waals surface area contributed by atoms with Gasteiger partial charge < -0.3 is 9.16 Å². The molecule has 82 valence electrons. The van der Waals surface area contributed by atoms with Crippen LogP contribution in [0, 0.1) is 5.92 Å². The normalized spacial score (nSPS) is 38.6. The second-order valence-corrected chi connectivity index (χ2v) is 6.75. The fourth-order valence-corrected chi connectivity index (χ4v) is 4.61. The molecule has 1 aliphatic carbocycles. The average Bonchev–Trinajstić information content (AvgIpc) is 2.95. The molecule has 1 heterocycles. The van der Waals surface area contributed by atoms with Gasteiger partial charge in [-0.2, -0.15) is 0 Å². The molecule has 1 saturated heterocycles. The molecule has 4 atom stereocenters. The summed E-state index contributed by atoms with van der Waals surface area (Å²) in [5, 5.41) is 0. The first-order chi connectivity index (χ1) is 6.85. The molecule has 0 aromatic carbocycles. The minimum Gasteiger partial charge on any atom is -0.427 e. The summed E-state index contributed by atoms with van der Waals surface area (Å²) >= 11 is 0. The third-order valence-corrected chi connectivity index (χ3v) is 5.59. The Morgan fingerprint density at radius 1 is 1.43 bits per heavy atom. The van der Waals surface area contributed by atoms with Crippen molar-refractivity contribution in [3.8, 4) is 0 Å². The molecule has 2 aliphatic rings. The van der Waals surface area contributed by atoms with Gasteiger partial charge in [-0.25, -0.2) is 0 Å². The van der Waals surface area contributed by atoms with Gasteiger partial charge in [0.05, 0.1) is 12.2 Å². The molecule has 0 radical (unpaired) electrons. The summed E-state index contributed by atoms with van der Waals surface area (Å²) < 4.78 is 11.0. The van der Waals surface area contributed by atoms with Crippen LogP contribution < -0.4 is 0 Å². The van der Waals surface area contributed by atoms with Crippen LogP contribution in [0.1, 0.15) is 39.0 Å². The van der Waals surface area contributed by atoms with E-state index in [9.17, 15) is 0 Å². The first kappa shape index (κ1) is 10.6. The Labute approximate surface area is 89.3 Å². The smallest absolute Gasteiger partial charge is 0.164 e. The molecule has 0 aromatic rings. The van der Waals surface area contributed by atoms with Crippen LogP contribution in [0.15, 0.2) is 0 Å². The predicted octanol–water partition coefficient (Wildman–Crippen LogP) is 1.87. The van der Waals surface area contributed by atoms with Crippen LogP contribution in [0.25, 0.3) is 0 Å². The maximum absolute atomic E-state index is 5.59. The summed E-state index contributed by atoms with van der Waals surface area (Å²) in [5.41, 5.74) is 0.912. The lowest BCUT2D eigenvalue weighted by Gasteiger charge is -2.27. The average molecular weight is 214 g/mol. The molecule has 2 nitrogen and oxygen atoms in total. The quantitative estimate of drug-likeness (QED) is 0.515. The minimum absolute atomic E-state index is 0.280. The van der Waals surface area contributed by atoms with Crippen LogP contribution >= 0.6 is 0 Å². The van der Waals surface area contributed by atoms with Gasteiger partial charge in [0, 0.05) is 7.11 Å². The fourth-order valence-electron chi connectivity index (χ4n) is 2.90. The Kier molecular flexibility index (Phi) is 3.63. The lowest BCUT2D eigenvalue weighted by atomic mass is 9.85. The van der Waals surface area contributed by atoms with Crippen molar-refractivity contribution in [2.24, 2.45) is 5.92 Å². The van der Waals surface area contributed by atoms with Crippen molar-refractivity contribution >= 4 is 9.76 Å². The molecule has 2 fully saturated rings. The molecule has 0 amide bonds. The van der Waals surface area contributed by atoms with Crippen molar-refractivity contribution in [3.05, 3.63) is 0 Å². The van der Waals surface area contributed by atoms with E-state index >= 15 is 0 Å². The van der Waals surface area contributed by atoms with Gasteiger partial charge in [0.2, 0.25) is 0 Å². The number of fused-ring (bicyclic) bond motifs is 1. The van der Waals surface area contributed by atoms with Gasteiger partial charge in [0.15, 0.2) is 9.76 Å². The van der Waals surface area contributed by atoms with Gasteiger partial charge in [0.1, 0.15) is 0 Å². The van der Waals surface area contributed by atoms with E-state index in [-0.39, 0.29) is 9.76 Å². The van der Waals surface area contributed by atoms with Crippen LogP contribution in [-0.2, 0) is 9.16 Å². The zero-order chi connectivity index (χ0) is 9.97. The van der Waals surface area contributed by atoms with Gasteiger partial charge in [-0.15, -0.1) is 0 Å². The van der Waals surface area contributed by atoms with Gasteiger partial charge in [-0.05, 0) is 30.7 Å². The van der Waals surface area contributed by atoms with E-state index in [0.29, 0.717) is 12.2 Å². The van der Waals surface area contributed by atoms with Crippen LogP contribution in [0.3, 0.4) is 0 Å². The van der Waals surface area contributed by atoms with Crippen LogP contribution in [-0.4, -0.2) is 29.1 Å². The van der Waals surface area contributed by atoms with Crippen LogP contribution in [0.2, 0.25) is 5.54 Å². The summed E-state index contributed by atoms with van der Waals surface area (Å²) in [5.74, 6) is 0.922. The Bertz CT molecular complexity index is 180. The Morgan fingerprint density at radius 2 is 2.29 bits per heavy atom. The van der Waals surface area contributed by atoms with Crippen LogP contribution in [0.5, 0.6) is 0 Å². The summed E-state index contributed by atoms with van der Waals surface area (Å²) in [4.78, 5) is 0. The molecular formula is C11H22O2Si. The second-order valence-electron chi connectivity index (χ2n) is 4.79. The molecule has 4 unspecified atom stereocenters. The van der Waals surface area contributed by atoms with Gasteiger partial charge in [-0.3, -0.25) is 0 Å². The van der Waals surface area contributed by atoms with Crippen molar-refractivity contribution in [2.75, 3.05) is 7.11 Å². The summed E-state index contributed by atoms with van der Waals surface area (Å²) in [6.45, 7) is 2.29. The van der Waals surface area contributed by atoms with Crippen molar-refractivity contribution in [1.82, 2.24) is 0 Å². The van der Waals surface area contributed by atoms with E-state index in [1.807, 2.05) is 7.11 Å². The monoisotopic (exact) mass is 214 g/mol. The van der Waals surface area contributed by atoms with Crippen molar-refractivity contribution in [1.29, 1.82) is 0 Å². The van der Waals surface area contributed by atoms with E-state index in [1.165, 1.54) is 32.1 Å². The van der Waals surface area contributed by atoms with E-state index < -0.39 is 0 Å². The Hall–Kier alpha value is 0.137. The number of hydrogen-bond acceptors (Lipinski definition) is 2. The summed E-state index contributed by atoms with van der Waals surface area (Å²) in [7, 11) is 1.60. The largest absolute Gasteiger partial charge is 0.427 e. The van der Waals surface area contributed by atoms with E-state index in [2.05, 4.69) is 6.92 Å². The third-order valence-electron chi connectivity index (χ3n) is 3.75. The topological polar surface area (TPSA) is 21.8 Å². The zero-order valence-corrected chi connectivity index (χ0v) is 10.8. The lowest BCUT2D eigenvalue weighted by Crippen LogP contribution is -2.22.